The van der Waals surface area contributed by atoms with Gasteiger partial charge in [0, 0.05) is 28.6 Å². The quantitative estimate of drug-likeness (QED) is 0.262. The molecule has 1 aromatic heterocycles. The van der Waals surface area contributed by atoms with Crippen LogP contribution in [0.1, 0.15) is 22.3 Å². The average molecular weight is 419 g/mol. The predicted molar refractivity (Wildman–Crippen MR) is 125 cm³/mol. The largest absolute Gasteiger partial charge is 0.256 e. The third kappa shape index (κ3) is 2.45. The molecule has 5 aromatic rings. The van der Waals surface area contributed by atoms with Crippen molar-refractivity contribution in [3.63, 3.8) is 0 Å². The fraction of sp³-hybridized carbons (Fsp3) is 0.138. The van der Waals surface area contributed by atoms with Gasteiger partial charge in [-0.05, 0) is 94.1 Å². The summed E-state index contributed by atoms with van der Waals surface area (Å²) in [4.78, 5) is 4.73. The molecule has 0 bridgehead atoms. The third-order valence-corrected chi connectivity index (χ3v) is 7.18. The summed E-state index contributed by atoms with van der Waals surface area (Å²) in [5, 5.41) is 2.76. The summed E-state index contributed by atoms with van der Waals surface area (Å²) in [7, 11) is 0. The van der Waals surface area contributed by atoms with Crippen LogP contribution in [0.2, 0.25) is 0 Å². The molecular weight excluding hydrogens is 400 g/mol. The van der Waals surface area contributed by atoms with Crippen LogP contribution in [-0.4, -0.2) is 4.98 Å². The molecule has 0 fully saturated rings. The Labute approximate surface area is 184 Å². The highest BCUT2D eigenvalue weighted by Crippen LogP contribution is 2.44. The first-order chi connectivity index (χ1) is 15.7. The number of halogens is 2. The minimum absolute atomic E-state index is 0.431. The van der Waals surface area contributed by atoms with Crippen molar-refractivity contribution in [1.29, 1.82) is 0 Å². The highest BCUT2D eigenvalue weighted by atomic mass is 19.1. The Bertz CT molecular complexity index is 1550. The van der Waals surface area contributed by atoms with Gasteiger partial charge in [-0.2, -0.15) is 0 Å². The Kier molecular flexibility index (Phi) is 3.64. The number of hydrogen-bond acceptors (Lipinski definition) is 1. The van der Waals surface area contributed by atoms with Gasteiger partial charge in [0.1, 0.15) is 11.6 Å². The number of aromatic nitrogens is 1. The minimum atomic E-state index is -0.562. The second-order valence-corrected chi connectivity index (χ2v) is 8.92. The molecule has 0 saturated heterocycles. The van der Waals surface area contributed by atoms with Gasteiger partial charge in [0.05, 0.1) is 5.69 Å². The van der Waals surface area contributed by atoms with E-state index in [1.165, 1.54) is 39.4 Å². The van der Waals surface area contributed by atoms with Crippen LogP contribution in [0.5, 0.6) is 0 Å². The Morgan fingerprint density at radius 2 is 1.25 bits per heavy atom. The van der Waals surface area contributed by atoms with Crippen molar-refractivity contribution in [3.05, 3.63) is 101 Å². The lowest BCUT2D eigenvalue weighted by Crippen LogP contribution is -2.14. The van der Waals surface area contributed by atoms with E-state index in [2.05, 4.69) is 30.3 Å². The molecule has 0 aliphatic heterocycles. The molecule has 0 saturated carbocycles. The molecule has 0 atom stereocenters. The number of aryl methyl sites for hydroxylation is 4. The van der Waals surface area contributed by atoms with E-state index in [-0.39, 0.29) is 0 Å². The van der Waals surface area contributed by atoms with E-state index < -0.39 is 11.6 Å². The van der Waals surface area contributed by atoms with Gasteiger partial charge in [-0.3, -0.25) is 4.98 Å². The summed E-state index contributed by atoms with van der Waals surface area (Å²) in [5.74, 6) is -1.10. The Hall–Kier alpha value is -3.59. The first-order valence-corrected chi connectivity index (χ1v) is 11.1. The van der Waals surface area contributed by atoms with E-state index in [1.54, 1.807) is 12.3 Å². The van der Waals surface area contributed by atoms with Gasteiger partial charge in [-0.1, -0.05) is 30.3 Å². The second-order valence-electron chi connectivity index (χ2n) is 8.92. The summed E-state index contributed by atoms with van der Waals surface area (Å²) in [5.41, 5.74) is 10.5. The highest BCUT2D eigenvalue weighted by molar-refractivity contribution is 6.11. The summed E-state index contributed by atoms with van der Waals surface area (Å²) >= 11 is 0. The molecule has 1 heterocycles. The molecular formula is C29H19F2N. The summed E-state index contributed by atoms with van der Waals surface area (Å²) in [6.07, 6.45) is 5.92. The maximum atomic E-state index is 14.4. The van der Waals surface area contributed by atoms with Crippen molar-refractivity contribution < 1.29 is 8.78 Å². The standard InChI is InChI=1S/C29H19F2N/c30-21-14-25-22-10-11-32-29(24(22)9-8-23(25)26(31)15-21)20-12-18-6-4-16-2-1-3-17-5-7-19(13-20)28(18)27(16)17/h1-3,8-15H,4-7H2. The van der Waals surface area contributed by atoms with Crippen molar-refractivity contribution in [2.24, 2.45) is 0 Å². The van der Waals surface area contributed by atoms with E-state index >= 15 is 0 Å². The Morgan fingerprint density at radius 3 is 2.00 bits per heavy atom. The maximum Gasteiger partial charge on any atom is 0.133 e. The van der Waals surface area contributed by atoms with Crippen LogP contribution in [0.25, 0.3) is 43.9 Å². The van der Waals surface area contributed by atoms with Crippen molar-refractivity contribution in [2.75, 3.05) is 0 Å². The molecule has 0 radical (unpaired) electrons. The maximum absolute atomic E-state index is 14.4. The Balaban J connectivity index is 1.49. The van der Waals surface area contributed by atoms with Gasteiger partial charge >= 0.3 is 0 Å². The summed E-state index contributed by atoms with van der Waals surface area (Å²) < 4.78 is 28.4. The van der Waals surface area contributed by atoms with Gasteiger partial charge in [0.2, 0.25) is 0 Å². The predicted octanol–water partition coefficient (Wildman–Crippen LogP) is 7.20. The number of hydrogen-bond donors (Lipinski definition) is 0. The number of pyridine rings is 1. The van der Waals surface area contributed by atoms with Crippen molar-refractivity contribution >= 4 is 21.5 Å². The van der Waals surface area contributed by atoms with Gasteiger partial charge in [-0.15, -0.1) is 0 Å². The monoisotopic (exact) mass is 419 g/mol. The van der Waals surface area contributed by atoms with Crippen LogP contribution in [0.15, 0.2) is 66.9 Å². The first kappa shape index (κ1) is 18.0. The van der Waals surface area contributed by atoms with Gasteiger partial charge in [0.25, 0.3) is 0 Å². The number of rotatable bonds is 1. The second kappa shape index (κ2) is 6.46. The lowest BCUT2D eigenvalue weighted by Gasteiger charge is -2.30. The van der Waals surface area contributed by atoms with Gasteiger partial charge in [0.15, 0.2) is 0 Å². The lowest BCUT2D eigenvalue weighted by molar-refractivity contribution is 0.592. The zero-order chi connectivity index (χ0) is 21.4. The van der Waals surface area contributed by atoms with E-state index in [9.17, 15) is 8.78 Å². The summed E-state index contributed by atoms with van der Waals surface area (Å²) in [6.45, 7) is 0. The molecule has 2 aliphatic carbocycles. The average Bonchev–Trinajstić information content (AvgIpc) is 2.81. The van der Waals surface area contributed by atoms with Crippen LogP contribution in [0, 0.1) is 11.6 Å². The Morgan fingerprint density at radius 1 is 0.594 bits per heavy atom. The van der Waals surface area contributed by atoms with Crippen LogP contribution in [0.4, 0.5) is 8.78 Å². The van der Waals surface area contributed by atoms with Crippen LogP contribution >= 0.6 is 0 Å². The number of benzene rings is 4. The van der Waals surface area contributed by atoms with E-state index in [0.29, 0.717) is 10.8 Å². The smallest absolute Gasteiger partial charge is 0.133 e. The normalized spacial score (nSPS) is 14.1. The minimum Gasteiger partial charge on any atom is -0.256 e. The van der Waals surface area contributed by atoms with Gasteiger partial charge in [-0.25, -0.2) is 8.78 Å². The summed E-state index contributed by atoms with van der Waals surface area (Å²) in [6, 6.07) is 19.1. The first-order valence-electron chi connectivity index (χ1n) is 11.1. The van der Waals surface area contributed by atoms with E-state index in [1.807, 2.05) is 12.1 Å². The van der Waals surface area contributed by atoms with E-state index in [0.717, 1.165) is 53.8 Å². The van der Waals surface area contributed by atoms with Crippen molar-refractivity contribution in [3.8, 4) is 22.4 Å². The fourth-order valence-corrected chi connectivity index (χ4v) is 5.80. The van der Waals surface area contributed by atoms with Gasteiger partial charge < -0.3 is 0 Å². The molecule has 0 N–H and O–H groups in total. The fourth-order valence-electron chi connectivity index (χ4n) is 5.80. The number of nitrogens with zero attached hydrogens (tertiary/aromatic N) is 1. The van der Waals surface area contributed by atoms with Crippen LogP contribution in [0.3, 0.4) is 0 Å². The third-order valence-electron chi connectivity index (χ3n) is 7.18. The lowest BCUT2D eigenvalue weighted by atomic mass is 9.74. The molecule has 0 amide bonds. The molecule has 32 heavy (non-hydrogen) atoms. The highest BCUT2D eigenvalue weighted by Gasteiger charge is 2.26. The SMILES string of the molecule is Fc1cc(F)c2ccc3c(-c4cc5c6c(c4)CCc4cccc(c4-6)CC5)nccc3c2c1. The molecule has 0 unspecified atom stereocenters. The van der Waals surface area contributed by atoms with E-state index in [4.69, 9.17) is 4.98 Å². The molecule has 0 spiro atoms. The topological polar surface area (TPSA) is 12.9 Å². The molecule has 4 aromatic carbocycles. The van der Waals surface area contributed by atoms with Crippen molar-refractivity contribution in [2.45, 2.75) is 25.7 Å². The molecule has 7 rings (SSSR count). The zero-order valence-electron chi connectivity index (χ0n) is 17.4. The molecule has 154 valence electrons. The van der Waals surface area contributed by atoms with Crippen molar-refractivity contribution in [1.82, 2.24) is 4.98 Å². The molecule has 1 nitrogen and oxygen atoms in total. The van der Waals surface area contributed by atoms with Crippen LogP contribution < -0.4 is 0 Å². The zero-order valence-corrected chi connectivity index (χ0v) is 17.4. The molecule has 2 aliphatic rings. The number of fused-ring (bicyclic) bond motifs is 3. The van der Waals surface area contributed by atoms with Crippen LogP contribution in [-0.2, 0) is 25.7 Å². The molecule has 3 heteroatoms.